The lowest BCUT2D eigenvalue weighted by Gasteiger charge is -2.29. The molecule has 1 nitrogen and oxygen atoms in total. The Morgan fingerprint density at radius 3 is 1.93 bits per heavy atom. The lowest BCUT2D eigenvalue weighted by molar-refractivity contribution is 0.265. The zero-order valence-electron chi connectivity index (χ0n) is 10.4. The van der Waals surface area contributed by atoms with E-state index in [1.807, 2.05) is 11.9 Å². The number of allylic oxidation sites excluding steroid dienone is 1. The van der Waals surface area contributed by atoms with E-state index in [0.29, 0.717) is 24.2 Å². The van der Waals surface area contributed by atoms with Crippen LogP contribution in [0.1, 0.15) is 34.1 Å². The molecule has 0 atom stereocenters. The van der Waals surface area contributed by atoms with Crippen molar-refractivity contribution in [1.82, 2.24) is 4.90 Å². The van der Waals surface area contributed by atoms with E-state index in [1.54, 1.807) is 0 Å². The molecule has 0 N–H and O–H groups in total. The van der Waals surface area contributed by atoms with Gasteiger partial charge in [0.25, 0.3) is 0 Å². The van der Waals surface area contributed by atoms with E-state index < -0.39 is 0 Å². The van der Waals surface area contributed by atoms with Crippen LogP contribution in [0.5, 0.6) is 0 Å². The van der Waals surface area contributed by atoms with E-state index in [-0.39, 0.29) is 0 Å². The fourth-order valence-corrected chi connectivity index (χ4v) is 1.80. The third-order valence-corrected chi connectivity index (χ3v) is 3.00. The lowest BCUT2D eigenvalue weighted by Crippen LogP contribution is -2.24. The van der Waals surface area contributed by atoms with Crippen molar-refractivity contribution in [2.45, 2.75) is 34.1 Å². The van der Waals surface area contributed by atoms with Gasteiger partial charge in [-0.05, 0) is 30.6 Å². The van der Waals surface area contributed by atoms with Crippen LogP contribution in [0, 0.1) is 17.8 Å². The van der Waals surface area contributed by atoms with Gasteiger partial charge in [-0.3, -0.25) is 0 Å². The van der Waals surface area contributed by atoms with Gasteiger partial charge in [0.05, 0.1) is 7.85 Å². The summed E-state index contributed by atoms with van der Waals surface area (Å²) >= 11 is 0. The Hall–Kier alpha value is -0.395. The molecule has 2 heteroatoms. The Morgan fingerprint density at radius 1 is 1.21 bits per heavy atom. The summed E-state index contributed by atoms with van der Waals surface area (Å²) in [6, 6.07) is 0. The molecular formula is C12H24BN. The van der Waals surface area contributed by atoms with Crippen molar-refractivity contribution in [1.29, 1.82) is 0 Å². The zero-order chi connectivity index (χ0) is 11.3. The van der Waals surface area contributed by atoms with E-state index in [2.05, 4.69) is 34.3 Å². The molecule has 0 aromatic carbocycles. The van der Waals surface area contributed by atoms with Crippen molar-refractivity contribution in [3.05, 3.63) is 12.3 Å². The molecule has 0 heterocycles. The monoisotopic (exact) mass is 193 g/mol. The van der Waals surface area contributed by atoms with Crippen molar-refractivity contribution < 1.29 is 0 Å². The van der Waals surface area contributed by atoms with Gasteiger partial charge in [-0.2, -0.15) is 0 Å². The maximum absolute atomic E-state index is 5.57. The normalized spacial score (nSPS) is 11.4. The van der Waals surface area contributed by atoms with E-state index in [0.717, 1.165) is 12.1 Å². The maximum atomic E-state index is 5.57. The number of rotatable bonds is 6. The van der Waals surface area contributed by atoms with Gasteiger partial charge in [0.1, 0.15) is 0 Å². The molecule has 0 aromatic rings. The summed E-state index contributed by atoms with van der Waals surface area (Å²) in [5.74, 6) is 2.12. The van der Waals surface area contributed by atoms with Gasteiger partial charge in [-0.1, -0.05) is 34.3 Å². The van der Waals surface area contributed by atoms with E-state index in [9.17, 15) is 0 Å². The molecule has 0 bridgehead atoms. The molecule has 14 heavy (non-hydrogen) atoms. The van der Waals surface area contributed by atoms with Crippen LogP contribution in [0.25, 0.3) is 0 Å². The third kappa shape index (κ3) is 4.21. The Bertz CT molecular complexity index is 167. The summed E-state index contributed by atoms with van der Waals surface area (Å²) in [6.45, 7) is 13.2. The quantitative estimate of drug-likeness (QED) is 0.586. The molecule has 0 fully saturated rings. The molecule has 0 saturated heterocycles. The summed E-state index contributed by atoms with van der Waals surface area (Å²) in [5.41, 5.74) is 1.15. The summed E-state index contributed by atoms with van der Waals surface area (Å²) in [7, 11) is 7.57. The average Bonchev–Trinajstić information content (AvgIpc) is 2.11. The van der Waals surface area contributed by atoms with Crippen molar-refractivity contribution >= 4 is 7.85 Å². The van der Waals surface area contributed by atoms with E-state index in [1.165, 1.54) is 0 Å². The second kappa shape index (κ2) is 6.16. The predicted octanol–water partition coefficient (Wildman–Crippen LogP) is 2.88. The van der Waals surface area contributed by atoms with Gasteiger partial charge in [-0.25, -0.2) is 0 Å². The molecule has 0 rings (SSSR count). The average molecular weight is 193 g/mol. The standard InChI is InChI=1S/C12H24BN/c1-9(2)12(10(3)4)7-11(5)14(6)8-13/h9-10,12H,5,7-8H2,1-4,6H3. The second-order valence-electron chi connectivity index (χ2n) is 4.80. The number of hydrogen-bond donors (Lipinski definition) is 0. The van der Waals surface area contributed by atoms with Gasteiger partial charge in [0.15, 0.2) is 0 Å². The van der Waals surface area contributed by atoms with Gasteiger partial charge in [0, 0.05) is 12.7 Å². The minimum atomic E-state index is 0.557. The highest BCUT2D eigenvalue weighted by atomic mass is 15.1. The lowest BCUT2D eigenvalue weighted by atomic mass is 9.82. The van der Waals surface area contributed by atoms with Crippen LogP contribution < -0.4 is 0 Å². The van der Waals surface area contributed by atoms with Crippen molar-refractivity contribution in [3.8, 4) is 0 Å². The molecule has 0 unspecified atom stereocenters. The van der Waals surface area contributed by atoms with Crippen molar-refractivity contribution in [3.63, 3.8) is 0 Å². The summed E-state index contributed by atoms with van der Waals surface area (Å²) in [5, 5.41) is 0. The van der Waals surface area contributed by atoms with Crippen LogP contribution in [-0.2, 0) is 0 Å². The zero-order valence-corrected chi connectivity index (χ0v) is 10.4. The summed E-state index contributed by atoms with van der Waals surface area (Å²) in [4.78, 5) is 2.03. The van der Waals surface area contributed by atoms with Crippen LogP contribution in [0.3, 0.4) is 0 Å². The Morgan fingerprint density at radius 2 is 1.64 bits per heavy atom. The fraction of sp³-hybridized carbons (Fsp3) is 0.833. The fourth-order valence-electron chi connectivity index (χ4n) is 1.80. The van der Waals surface area contributed by atoms with E-state index in [4.69, 9.17) is 7.85 Å². The largest absolute Gasteiger partial charge is 0.387 e. The van der Waals surface area contributed by atoms with Crippen LogP contribution in [-0.4, -0.2) is 26.2 Å². The first-order valence-electron chi connectivity index (χ1n) is 5.49. The van der Waals surface area contributed by atoms with Gasteiger partial charge < -0.3 is 4.90 Å². The maximum Gasteiger partial charge on any atom is 0.0942 e. The Kier molecular flexibility index (Phi) is 5.98. The summed E-state index contributed by atoms with van der Waals surface area (Å²) in [6.07, 6.45) is 1.62. The molecule has 0 aliphatic carbocycles. The van der Waals surface area contributed by atoms with Gasteiger partial charge in [0.2, 0.25) is 0 Å². The minimum Gasteiger partial charge on any atom is -0.387 e. The first-order valence-corrected chi connectivity index (χ1v) is 5.49. The minimum absolute atomic E-state index is 0.557. The molecule has 2 radical (unpaired) electrons. The smallest absolute Gasteiger partial charge is 0.0942 e. The molecule has 0 spiro atoms. The molecule has 0 aliphatic heterocycles. The van der Waals surface area contributed by atoms with Crippen LogP contribution in [0.2, 0.25) is 0 Å². The molecule has 0 aromatic heterocycles. The molecule has 80 valence electrons. The van der Waals surface area contributed by atoms with Crippen LogP contribution in [0.15, 0.2) is 12.3 Å². The first kappa shape index (κ1) is 13.6. The van der Waals surface area contributed by atoms with E-state index >= 15 is 0 Å². The first-order chi connectivity index (χ1) is 6.40. The molecular weight excluding hydrogens is 169 g/mol. The van der Waals surface area contributed by atoms with Crippen LogP contribution in [0.4, 0.5) is 0 Å². The van der Waals surface area contributed by atoms with Gasteiger partial charge in [-0.15, -0.1) is 0 Å². The number of nitrogens with zero attached hydrogens (tertiary/aromatic N) is 1. The van der Waals surface area contributed by atoms with Crippen LogP contribution >= 0.6 is 0 Å². The Balaban J connectivity index is 4.24. The number of hydrogen-bond acceptors (Lipinski definition) is 1. The third-order valence-electron chi connectivity index (χ3n) is 3.00. The topological polar surface area (TPSA) is 3.24 Å². The highest BCUT2D eigenvalue weighted by molar-refractivity contribution is 6.08. The highest BCUT2D eigenvalue weighted by Gasteiger charge is 2.19. The predicted molar refractivity (Wildman–Crippen MR) is 65.3 cm³/mol. The van der Waals surface area contributed by atoms with Crippen molar-refractivity contribution in [2.24, 2.45) is 17.8 Å². The Labute approximate surface area is 91.0 Å². The molecule has 0 saturated carbocycles. The molecule has 0 amide bonds. The van der Waals surface area contributed by atoms with Crippen molar-refractivity contribution in [2.75, 3.05) is 13.5 Å². The van der Waals surface area contributed by atoms with Gasteiger partial charge >= 0.3 is 0 Å². The summed E-state index contributed by atoms with van der Waals surface area (Å²) < 4.78 is 0. The highest BCUT2D eigenvalue weighted by Crippen LogP contribution is 2.27. The molecule has 0 aliphatic rings. The second-order valence-corrected chi connectivity index (χ2v) is 4.80. The SMILES string of the molecule is [B]CN(C)C(=C)CC(C(C)C)C(C)C.